The standard InChI is InChI=1S/C22H24N2O4S/c1-3-19(21(26)24-18-10-5-4-9-17(18)22(27)28-2)29-16-8-6-7-15(13-16)23-20(25)14-11-12-14/h4-10,13-14,19H,3,11-12H2,1-2H3,(H,23,25)(H,24,26). The van der Waals surface area contributed by atoms with Crippen LogP contribution in [0.1, 0.15) is 36.5 Å². The molecule has 2 N–H and O–H groups in total. The number of hydrogen-bond acceptors (Lipinski definition) is 5. The molecular weight excluding hydrogens is 388 g/mol. The number of anilines is 2. The number of amides is 2. The third-order valence-electron chi connectivity index (χ3n) is 4.58. The van der Waals surface area contributed by atoms with Crippen molar-refractivity contribution in [3.8, 4) is 0 Å². The van der Waals surface area contributed by atoms with Gasteiger partial charge in [0.25, 0.3) is 0 Å². The van der Waals surface area contributed by atoms with Crippen LogP contribution in [0.25, 0.3) is 0 Å². The van der Waals surface area contributed by atoms with Crippen LogP contribution < -0.4 is 10.6 Å². The lowest BCUT2D eigenvalue weighted by Crippen LogP contribution is -2.25. The van der Waals surface area contributed by atoms with Gasteiger partial charge >= 0.3 is 5.97 Å². The van der Waals surface area contributed by atoms with Crippen molar-refractivity contribution in [2.45, 2.75) is 36.3 Å². The molecule has 0 saturated heterocycles. The maximum absolute atomic E-state index is 12.8. The van der Waals surface area contributed by atoms with Crippen molar-refractivity contribution in [1.82, 2.24) is 0 Å². The Labute approximate surface area is 174 Å². The Morgan fingerprint density at radius 2 is 1.86 bits per heavy atom. The van der Waals surface area contributed by atoms with Gasteiger partial charge in [0.05, 0.1) is 23.6 Å². The van der Waals surface area contributed by atoms with Crippen LogP contribution in [0.4, 0.5) is 11.4 Å². The Morgan fingerprint density at radius 3 is 2.55 bits per heavy atom. The van der Waals surface area contributed by atoms with Crippen LogP contribution in [0.3, 0.4) is 0 Å². The summed E-state index contributed by atoms with van der Waals surface area (Å²) in [6.45, 7) is 1.93. The molecular formula is C22H24N2O4S. The van der Waals surface area contributed by atoms with Crippen LogP contribution in [-0.2, 0) is 14.3 Å². The largest absolute Gasteiger partial charge is 0.465 e. The Morgan fingerprint density at radius 1 is 1.10 bits per heavy atom. The summed E-state index contributed by atoms with van der Waals surface area (Å²) in [4.78, 5) is 37.6. The number of hydrogen-bond donors (Lipinski definition) is 2. The second kappa shape index (κ2) is 9.60. The molecule has 0 bridgehead atoms. The van der Waals surface area contributed by atoms with Gasteiger partial charge in [-0.25, -0.2) is 4.79 Å². The van der Waals surface area contributed by atoms with Crippen LogP contribution in [-0.4, -0.2) is 30.1 Å². The van der Waals surface area contributed by atoms with E-state index in [1.165, 1.54) is 18.9 Å². The molecule has 0 aromatic heterocycles. The van der Waals surface area contributed by atoms with E-state index in [1.54, 1.807) is 24.3 Å². The van der Waals surface area contributed by atoms with E-state index in [2.05, 4.69) is 10.6 Å². The molecule has 0 heterocycles. The van der Waals surface area contributed by atoms with Gasteiger partial charge in [-0.05, 0) is 49.6 Å². The van der Waals surface area contributed by atoms with Crippen LogP contribution in [0.2, 0.25) is 0 Å². The summed E-state index contributed by atoms with van der Waals surface area (Å²) in [5.41, 5.74) is 1.47. The lowest BCUT2D eigenvalue weighted by atomic mass is 10.1. The van der Waals surface area contributed by atoms with Gasteiger partial charge in [-0.15, -0.1) is 11.8 Å². The third-order valence-corrected chi connectivity index (χ3v) is 5.94. The number of benzene rings is 2. The highest BCUT2D eigenvalue weighted by atomic mass is 32.2. The quantitative estimate of drug-likeness (QED) is 0.498. The first-order valence-corrected chi connectivity index (χ1v) is 10.5. The van der Waals surface area contributed by atoms with Gasteiger partial charge in [0.15, 0.2) is 0 Å². The highest BCUT2D eigenvalue weighted by Crippen LogP contribution is 2.32. The molecule has 0 aliphatic heterocycles. The Kier molecular flexibility index (Phi) is 6.93. The molecule has 2 aromatic carbocycles. The minimum Gasteiger partial charge on any atom is -0.465 e. The first-order chi connectivity index (χ1) is 14.0. The number of rotatable bonds is 8. The van der Waals surface area contributed by atoms with E-state index in [4.69, 9.17) is 4.74 Å². The average molecular weight is 413 g/mol. The van der Waals surface area contributed by atoms with Crippen molar-refractivity contribution in [2.75, 3.05) is 17.7 Å². The lowest BCUT2D eigenvalue weighted by Gasteiger charge is -2.16. The van der Waals surface area contributed by atoms with E-state index in [1.807, 2.05) is 31.2 Å². The average Bonchev–Trinajstić information content (AvgIpc) is 3.57. The van der Waals surface area contributed by atoms with Crippen molar-refractivity contribution in [3.05, 3.63) is 54.1 Å². The molecule has 6 nitrogen and oxygen atoms in total. The van der Waals surface area contributed by atoms with Crippen LogP contribution >= 0.6 is 11.8 Å². The Bertz CT molecular complexity index is 911. The van der Waals surface area contributed by atoms with Crippen molar-refractivity contribution >= 4 is 40.9 Å². The number of carbonyl (C=O) groups is 3. The number of nitrogens with one attached hydrogen (secondary N) is 2. The number of esters is 1. The van der Waals surface area contributed by atoms with Crippen molar-refractivity contribution in [2.24, 2.45) is 5.92 Å². The van der Waals surface area contributed by atoms with Gasteiger partial charge in [-0.2, -0.15) is 0 Å². The lowest BCUT2D eigenvalue weighted by molar-refractivity contribution is -0.117. The van der Waals surface area contributed by atoms with E-state index < -0.39 is 5.97 Å². The number of thioether (sulfide) groups is 1. The number of ether oxygens (including phenoxy) is 1. The fraction of sp³-hybridized carbons (Fsp3) is 0.318. The van der Waals surface area contributed by atoms with Gasteiger partial charge in [-0.3, -0.25) is 9.59 Å². The predicted octanol–water partition coefficient (Wildman–Crippen LogP) is 4.33. The molecule has 2 aromatic rings. The molecule has 0 radical (unpaired) electrons. The zero-order valence-corrected chi connectivity index (χ0v) is 17.3. The highest BCUT2D eigenvalue weighted by Gasteiger charge is 2.29. The molecule has 0 spiro atoms. The minimum absolute atomic E-state index is 0.0522. The van der Waals surface area contributed by atoms with Gasteiger partial charge in [0, 0.05) is 16.5 Å². The number of methoxy groups -OCH3 is 1. The fourth-order valence-corrected chi connectivity index (χ4v) is 3.83. The number of para-hydroxylation sites is 1. The zero-order valence-electron chi connectivity index (χ0n) is 16.4. The van der Waals surface area contributed by atoms with Gasteiger partial charge in [0.2, 0.25) is 11.8 Å². The summed E-state index contributed by atoms with van der Waals surface area (Å²) in [6, 6.07) is 14.3. The van der Waals surface area contributed by atoms with E-state index in [-0.39, 0.29) is 23.0 Å². The summed E-state index contributed by atoms with van der Waals surface area (Å²) in [7, 11) is 1.31. The van der Waals surface area contributed by atoms with Gasteiger partial charge in [-0.1, -0.05) is 25.1 Å². The van der Waals surface area contributed by atoms with Crippen molar-refractivity contribution in [3.63, 3.8) is 0 Å². The maximum atomic E-state index is 12.8. The van der Waals surface area contributed by atoms with Crippen molar-refractivity contribution < 1.29 is 19.1 Å². The molecule has 152 valence electrons. The summed E-state index contributed by atoms with van der Waals surface area (Å²) in [5, 5.41) is 5.41. The summed E-state index contributed by atoms with van der Waals surface area (Å²) in [6.07, 6.45) is 2.51. The van der Waals surface area contributed by atoms with E-state index in [0.29, 0.717) is 17.7 Å². The highest BCUT2D eigenvalue weighted by molar-refractivity contribution is 8.00. The maximum Gasteiger partial charge on any atom is 0.339 e. The monoisotopic (exact) mass is 412 g/mol. The number of carbonyl (C=O) groups excluding carboxylic acids is 3. The normalized spacial score (nSPS) is 14.0. The van der Waals surface area contributed by atoms with Crippen LogP contribution in [0.5, 0.6) is 0 Å². The molecule has 1 atom stereocenters. The SMILES string of the molecule is CCC(Sc1cccc(NC(=O)C2CC2)c1)C(=O)Nc1ccccc1C(=O)OC. The molecule has 7 heteroatoms. The topological polar surface area (TPSA) is 84.5 Å². The Hall–Kier alpha value is -2.80. The first-order valence-electron chi connectivity index (χ1n) is 9.57. The zero-order chi connectivity index (χ0) is 20.8. The van der Waals surface area contributed by atoms with E-state index >= 15 is 0 Å². The predicted molar refractivity (Wildman–Crippen MR) is 114 cm³/mol. The molecule has 1 aliphatic carbocycles. The first kappa shape index (κ1) is 20.9. The molecule has 1 unspecified atom stereocenters. The second-order valence-electron chi connectivity index (χ2n) is 6.83. The second-order valence-corrected chi connectivity index (χ2v) is 8.11. The van der Waals surface area contributed by atoms with Crippen LogP contribution in [0, 0.1) is 5.92 Å². The molecule has 2 amide bonds. The summed E-state index contributed by atoms with van der Waals surface area (Å²) in [5.74, 6) is -0.506. The van der Waals surface area contributed by atoms with E-state index in [9.17, 15) is 14.4 Å². The molecule has 1 fully saturated rings. The third kappa shape index (κ3) is 5.60. The van der Waals surface area contributed by atoms with Crippen LogP contribution in [0.15, 0.2) is 53.4 Å². The fourth-order valence-electron chi connectivity index (χ4n) is 2.82. The molecule has 1 aliphatic rings. The molecule has 1 saturated carbocycles. The Balaban J connectivity index is 1.68. The summed E-state index contributed by atoms with van der Waals surface area (Å²) < 4.78 is 4.78. The molecule has 29 heavy (non-hydrogen) atoms. The summed E-state index contributed by atoms with van der Waals surface area (Å²) >= 11 is 1.42. The van der Waals surface area contributed by atoms with E-state index in [0.717, 1.165) is 23.4 Å². The smallest absolute Gasteiger partial charge is 0.339 e. The van der Waals surface area contributed by atoms with Crippen molar-refractivity contribution in [1.29, 1.82) is 0 Å². The van der Waals surface area contributed by atoms with Gasteiger partial charge < -0.3 is 15.4 Å². The van der Waals surface area contributed by atoms with Gasteiger partial charge in [0.1, 0.15) is 0 Å². The minimum atomic E-state index is -0.499. The molecule has 3 rings (SSSR count).